The number of aliphatic hydroxyl groups is 1. The lowest BCUT2D eigenvalue weighted by Crippen LogP contribution is -2.35. The lowest BCUT2D eigenvalue weighted by atomic mass is 9.88. The van der Waals surface area contributed by atoms with E-state index in [0.29, 0.717) is 12.8 Å². The maximum absolute atomic E-state index is 11.2. The Balaban J connectivity index is 2.25. The molecule has 1 aromatic rings. The molecule has 5 heteroatoms. The normalized spacial score (nSPS) is 22.4. The fourth-order valence-corrected chi connectivity index (χ4v) is 3.02. The van der Waals surface area contributed by atoms with E-state index in [1.807, 2.05) is 31.2 Å². The van der Waals surface area contributed by atoms with Crippen molar-refractivity contribution in [1.82, 2.24) is 0 Å². The van der Waals surface area contributed by atoms with Crippen molar-refractivity contribution in [3.8, 4) is 0 Å². The second-order valence-corrected chi connectivity index (χ2v) is 5.94. The molecule has 104 valence electrons. The Labute approximate surface area is 122 Å². The number of ether oxygens (including phenoxy) is 1. The summed E-state index contributed by atoms with van der Waals surface area (Å²) < 4.78 is 5.11. The zero-order valence-electron chi connectivity index (χ0n) is 10.6. The molecule has 0 bridgehead atoms. The number of rotatable bonds is 4. The molecule has 1 N–H and O–H groups in total. The van der Waals surface area contributed by atoms with Crippen molar-refractivity contribution in [2.75, 3.05) is 0 Å². The van der Waals surface area contributed by atoms with Crippen LogP contribution >= 0.6 is 23.2 Å². The molecule has 19 heavy (non-hydrogen) atoms. The van der Waals surface area contributed by atoms with Gasteiger partial charge < -0.3 is 9.84 Å². The van der Waals surface area contributed by atoms with E-state index in [1.54, 1.807) is 0 Å². The molecule has 2 rings (SSSR count). The third kappa shape index (κ3) is 3.22. The van der Waals surface area contributed by atoms with Crippen molar-refractivity contribution in [1.29, 1.82) is 0 Å². The Kier molecular flexibility index (Phi) is 4.71. The number of carbonyl (C=O) groups is 1. The Hall–Kier alpha value is -0.770. The van der Waals surface area contributed by atoms with Gasteiger partial charge in [0, 0.05) is 12.3 Å². The van der Waals surface area contributed by atoms with Gasteiger partial charge in [-0.05, 0) is 24.5 Å². The fraction of sp³-hybridized carbons (Fsp3) is 0.500. The monoisotopic (exact) mass is 302 g/mol. The van der Waals surface area contributed by atoms with Gasteiger partial charge in [0.2, 0.25) is 0 Å². The van der Waals surface area contributed by atoms with E-state index in [-0.39, 0.29) is 5.97 Å². The van der Waals surface area contributed by atoms with Gasteiger partial charge in [0.25, 0.3) is 0 Å². The van der Waals surface area contributed by atoms with Crippen LogP contribution in [0.5, 0.6) is 0 Å². The van der Waals surface area contributed by atoms with E-state index >= 15 is 0 Å². The number of hydrogen-bond donors (Lipinski definition) is 1. The molecule has 0 saturated carbocycles. The molecule has 3 nitrogen and oxygen atoms in total. The number of halogens is 2. The van der Waals surface area contributed by atoms with Crippen LogP contribution in [0.1, 0.15) is 29.9 Å². The number of esters is 1. The summed E-state index contributed by atoms with van der Waals surface area (Å²) >= 11 is 12.0. The van der Waals surface area contributed by atoms with Crippen LogP contribution in [-0.2, 0) is 9.53 Å². The summed E-state index contributed by atoms with van der Waals surface area (Å²) in [5, 5.41) is 10.4. The number of hydrogen-bond acceptors (Lipinski definition) is 3. The molecule has 1 saturated heterocycles. The van der Waals surface area contributed by atoms with Gasteiger partial charge in [-0.25, -0.2) is 0 Å². The van der Waals surface area contributed by atoms with Gasteiger partial charge in [0.15, 0.2) is 0 Å². The third-order valence-electron chi connectivity index (χ3n) is 3.48. The van der Waals surface area contributed by atoms with E-state index in [1.165, 1.54) is 0 Å². The summed E-state index contributed by atoms with van der Waals surface area (Å²) in [6, 6.07) is 7.61. The number of aliphatic hydroxyl groups excluding tert-OH is 1. The maximum Gasteiger partial charge on any atom is 0.306 e. The zero-order valence-corrected chi connectivity index (χ0v) is 12.1. The van der Waals surface area contributed by atoms with Crippen molar-refractivity contribution >= 4 is 29.2 Å². The Bertz CT molecular complexity index is 462. The second-order valence-electron chi connectivity index (χ2n) is 4.77. The third-order valence-corrected chi connectivity index (χ3v) is 4.03. The molecule has 1 heterocycles. The Morgan fingerprint density at radius 2 is 2.05 bits per heavy atom. The van der Waals surface area contributed by atoms with Gasteiger partial charge in [-0.2, -0.15) is 0 Å². The molecule has 3 atom stereocenters. The first-order chi connectivity index (χ1) is 9.00. The molecule has 0 amide bonds. The molecule has 0 spiro atoms. The molecule has 0 radical (unpaired) electrons. The number of carbonyl (C=O) groups excluding carboxylic acids is 1. The van der Waals surface area contributed by atoms with Crippen LogP contribution in [0.15, 0.2) is 24.3 Å². The molecule has 0 aromatic heterocycles. The van der Waals surface area contributed by atoms with Crippen molar-refractivity contribution < 1.29 is 14.6 Å². The van der Waals surface area contributed by atoms with Gasteiger partial charge in [-0.1, -0.05) is 24.3 Å². The van der Waals surface area contributed by atoms with Gasteiger partial charge in [0.05, 0.1) is 0 Å². The predicted octanol–water partition coefficient (Wildman–Crippen LogP) is 2.95. The van der Waals surface area contributed by atoms with Crippen LogP contribution in [-0.4, -0.2) is 28.1 Å². The minimum Gasteiger partial charge on any atom is -0.460 e. The number of cyclic esters (lactones) is 1. The Morgan fingerprint density at radius 3 is 2.58 bits per heavy atom. The highest BCUT2D eigenvalue weighted by Crippen LogP contribution is 2.36. The predicted molar refractivity (Wildman–Crippen MR) is 74.5 cm³/mol. The largest absolute Gasteiger partial charge is 0.460 e. The van der Waals surface area contributed by atoms with Gasteiger partial charge in [0.1, 0.15) is 17.0 Å². The lowest BCUT2D eigenvalue weighted by molar-refractivity contribution is -0.145. The molecular formula is C14H16Cl2O3. The van der Waals surface area contributed by atoms with Crippen LogP contribution in [0.25, 0.3) is 0 Å². The summed E-state index contributed by atoms with van der Waals surface area (Å²) in [6.45, 7) is 1.94. The highest BCUT2D eigenvalue weighted by Gasteiger charge is 2.38. The van der Waals surface area contributed by atoms with Crippen molar-refractivity contribution in [2.24, 2.45) is 0 Å². The van der Waals surface area contributed by atoms with E-state index < -0.39 is 23.0 Å². The van der Waals surface area contributed by atoms with Crippen molar-refractivity contribution in [2.45, 2.75) is 42.7 Å². The second kappa shape index (κ2) is 6.12. The molecule has 1 aromatic carbocycles. The van der Waals surface area contributed by atoms with Crippen LogP contribution < -0.4 is 0 Å². The quantitative estimate of drug-likeness (QED) is 0.687. The maximum atomic E-state index is 11.2. The molecule has 1 fully saturated rings. The molecule has 1 aliphatic heterocycles. The molecular weight excluding hydrogens is 287 g/mol. The first kappa shape index (κ1) is 14.6. The SMILES string of the molecule is Cc1ccccc1[C@@H](C(Cl)Cl)[C@H](O)[C@@H]1CCC(=O)O1. The highest BCUT2D eigenvalue weighted by atomic mass is 35.5. The zero-order chi connectivity index (χ0) is 14.0. The van der Waals surface area contributed by atoms with E-state index in [2.05, 4.69) is 0 Å². The van der Waals surface area contributed by atoms with Crippen molar-refractivity contribution in [3.05, 3.63) is 35.4 Å². The topological polar surface area (TPSA) is 46.5 Å². The summed E-state index contributed by atoms with van der Waals surface area (Å²) in [5.41, 5.74) is 1.88. The summed E-state index contributed by atoms with van der Waals surface area (Å²) in [7, 11) is 0. The minimum atomic E-state index is -0.896. The average Bonchev–Trinajstić information content (AvgIpc) is 2.78. The van der Waals surface area contributed by atoms with Crippen LogP contribution in [0.3, 0.4) is 0 Å². The first-order valence-electron chi connectivity index (χ1n) is 6.22. The van der Waals surface area contributed by atoms with E-state index in [4.69, 9.17) is 27.9 Å². The van der Waals surface area contributed by atoms with Gasteiger partial charge in [-0.3, -0.25) is 4.79 Å². The smallest absolute Gasteiger partial charge is 0.306 e. The number of benzene rings is 1. The van der Waals surface area contributed by atoms with Crippen LogP contribution in [0.4, 0.5) is 0 Å². The van der Waals surface area contributed by atoms with Crippen molar-refractivity contribution in [3.63, 3.8) is 0 Å². The molecule has 1 aliphatic rings. The first-order valence-corrected chi connectivity index (χ1v) is 7.09. The average molecular weight is 303 g/mol. The van der Waals surface area contributed by atoms with E-state index in [0.717, 1.165) is 11.1 Å². The van der Waals surface area contributed by atoms with Gasteiger partial charge in [-0.15, -0.1) is 23.2 Å². The highest BCUT2D eigenvalue weighted by molar-refractivity contribution is 6.44. The van der Waals surface area contributed by atoms with E-state index in [9.17, 15) is 9.90 Å². The van der Waals surface area contributed by atoms with Gasteiger partial charge >= 0.3 is 5.97 Å². The number of aryl methyl sites for hydroxylation is 1. The summed E-state index contributed by atoms with van der Waals surface area (Å²) in [4.78, 5) is 10.4. The summed E-state index contributed by atoms with van der Waals surface area (Å²) in [5.74, 6) is -0.756. The summed E-state index contributed by atoms with van der Waals surface area (Å²) in [6.07, 6.45) is -0.593. The van der Waals surface area contributed by atoms with Crippen LogP contribution in [0.2, 0.25) is 0 Å². The number of alkyl halides is 2. The van der Waals surface area contributed by atoms with Crippen LogP contribution in [0, 0.1) is 6.92 Å². The molecule has 0 aliphatic carbocycles. The fourth-order valence-electron chi connectivity index (χ4n) is 2.45. The minimum absolute atomic E-state index is 0.284. The standard InChI is InChI=1S/C14H16Cl2O3/c1-8-4-2-3-5-9(8)12(14(15)16)13(18)10-6-7-11(17)19-10/h2-5,10,12-14,18H,6-7H2,1H3/t10-,12+,13+/m0/s1. The Morgan fingerprint density at radius 1 is 1.37 bits per heavy atom. The lowest BCUT2D eigenvalue weighted by Gasteiger charge is -2.28. The molecule has 0 unspecified atom stereocenters.